The van der Waals surface area contributed by atoms with Gasteiger partial charge in [0.1, 0.15) is 6.54 Å². The first-order chi connectivity index (χ1) is 13.1. The fourth-order valence-electron chi connectivity index (χ4n) is 3.80. The molecule has 0 radical (unpaired) electrons. The van der Waals surface area contributed by atoms with Crippen LogP contribution in [0.15, 0.2) is 12.1 Å². The number of nitrogens with zero attached hydrogens (tertiary/aromatic N) is 1. The molecule has 27 heavy (non-hydrogen) atoms. The van der Waals surface area contributed by atoms with E-state index in [9.17, 15) is 0 Å². The van der Waals surface area contributed by atoms with E-state index in [0.29, 0.717) is 6.10 Å². The van der Waals surface area contributed by atoms with Gasteiger partial charge in [0.15, 0.2) is 16.6 Å². The van der Waals surface area contributed by atoms with E-state index in [4.69, 9.17) is 26.4 Å². The lowest BCUT2D eigenvalue weighted by Crippen LogP contribution is -3.13. The molecule has 0 bridgehead atoms. The number of rotatable bonds is 6. The molecule has 0 aromatic heterocycles. The molecule has 3 rings (SSSR count). The van der Waals surface area contributed by atoms with E-state index in [1.807, 2.05) is 0 Å². The van der Waals surface area contributed by atoms with Crippen LogP contribution in [-0.4, -0.2) is 69.7 Å². The summed E-state index contributed by atoms with van der Waals surface area (Å²) in [5, 5.41) is 4.26. The van der Waals surface area contributed by atoms with Crippen molar-refractivity contribution >= 4 is 17.3 Å². The van der Waals surface area contributed by atoms with Crippen LogP contribution in [0.4, 0.5) is 0 Å². The number of piperazine rings is 1. The van der Waals surface area contributed by atoms with Gasteiger partial charge >= 0.3 is 0 Å². The number of ether oxygens (including phenoxy) is 3. The number of hydrogen-bond acceptors (Lipinski definition) is 4. The van der Waals surface area contributed by atoms with Gasteiger partial charge in [-0.15, -0.1) is 0 Å². The van der Waals surface area contributed by atoms with Gasteiger partial charge < -0.3 is 29.3 Å². The Balaban J connectivity index is 1.48. The molecule has 1 atom stereocenters. The number of quaternary nitrogens is 1. The first kappa shape index (κ1) is 20.2. The zero-order chi connectivity index (χ0) is 19.2. The lowest BCUT2D eigenvalue weighted by atomic mass is 10.1. The highest BCUT2D eigenvalue weighted by Crippen LogP contribution is 2.29. The maximum absolute atomic E-state index is 5.66. The topological polar surface area (TPSA) is 47.4 Å². The molecule has 6 nitrogen and oxygen atoms in total. The van der Waals surface area contributed by atoms with Crippen molar-refractivity contribution in [2.45, 2.75) is 32.4 Å². The molecule has 2 saturated heterocycles. The number of methoxy groups -OCH3 is 2. The van der Waals surface area contributed by atoms with Gasteiger partial charge in [-0.1, -0.05) is 0 Å². The third-order valence-corrected chi connectivity index (χ3v) is 5.95. The van der Waals surface area contributed by atoms with Gasteiger partial charge in [0.2, 0.25) is 0 Å². The summed E-state index contributed by atoms with van der Waals surface area (Å²) in [6.07, 6.45) is 2.62. The fraction of sp³-hybridized carbons (Fsp3) is 0.650. The molecule has 0 spiro atoms. The highest BCUT2D eigenvalue weighted by atomic mass is 32.1. The Hall–Kier alpha value is -1.57. The Labute approximate surface area is 167 Å². The molecule has 1 aromatic carbocycles. The standard InChI is InChI=1S/C20H31N3O3S/c1-15-11-18(24-2)19(25-3)12-16(15)14-22-6-8-23(9-7-22)20(27)21-13-17-5-4-10-26-17/h11-12,17H,4-10,13-14H2,1-3H3,(H,21,27)/p+1/t17-/m0/s1. The van der Waals surface area contributed by atoms with E-state index in [0.717, 1.165) is 75.3 Å². The summed E-state index contributed by atoms with van der Waals surface area (Å²) in [6.45, 7) is 8.98. The van der Waals surface area contributed by atoms with Gasteiger partial charge in [0, 0.05) is 18.7 Å². The average Bonchev–Trinajstić information content (AvgIpc) is 3.21. The first-order valence-electron chi connectivity index (χ1n) is 9.80. The molecule has 7 heteroatoms. The van der Waals surface area contributed by atoms with Crippen LogP contribution in [0.2, 0.25) is 0 Å². The number of hydrogen-bond donors (Lipinski definition) is 2. The number of benzene rings is 1. The largest absolute Gasteiger partial charge is 0.493 e. The van der Waals surface area contributed by atoms with Gasteiger partial charge in [0.25, 0.3) is 0 Å². The van der Waals surface area contributed by atoms with Gasteiger partial charge in [-0.3, -0.25) is 0 Å². The highest BCUT2D eigenvalue weighted by Gasteiger charge is 2.24. The molecule has 2 N–H and O–H groups in total. The van der Waals surface area contributed by atoms with Crippen LogP contribution in [0.25, 0.3) is 0 Å². The Morgan fingerprint density at radius 1 is 1.26 bits per heavy atom. The Morgan fingerprint density at radius 2 is 1.96 bits per heavy atom. The van der Waals surface area contributed by atoms with Crippen molar-refractivity contribution in [3.8, 4) is 11.5 Å². The minimum atomic E-state index is 0.322. The molecule has 1 aromatic rings. The zero-order valence-electron chi connectivity index (χ0n) is 16.7. The molecule has 0 saturated carbocycles. The summed E-state index contributed by atoms with van der Waals surface area (Å²) < 4.78 is 16.5. The summed E-state index contributed by atoms with van der Waals surface area (Å²) in [4.78, 5) is 3.86. The lowest BCUT2D eigenvalue weighted by molar-refractivity contribution is -0.917. The van der Waals surface area contributed by atoms with Crippen LogP contribution in [-0.2, 0) is 11.3 Å². The maximum atomic E-state index is 5.66. The molecule has 2 heterocycles. The summed E-state index contributed by atoms with van der Waals surface area (Å²) >= 11 is 5.58. The Kier molecular flexibility index (Phi) is 7.15. The molecular formula is C20H32N3O3S+. The predicted molar refractivity (Wildman–Crippen MR) is 110 cm³/mol. The van der Waals surface area contributed by atoms with Crippen LogP contribution in [0, 0.1) is 6.92 Å². The zero-order valence-corrected chi connectivity index (χ0v) is 17.5. The normalized spacial score (nSPS) is 20.6. The van der Waals surface area contributed by atoms with E-state index in [1.165, 1.54) is 11.1 Å². The second-order valence-corrected chi connectivity index (χ2v) is 7.76. The van der Waals surface area contributed by atoms with E-state index >= 15 is 0 Å². The summed E-state index contributed by atoms with van der Waals surface area (Å²) in [5.74, 6) is 1.59. The number of nitrogens with one attached hydrogen (secondary N) is 2. The third-order valence-electron chi connectivity index (χ3n) is 5.55. The molecule has 150 valence electrons. The van der Waals surface area contributed by atoms with Crippen molar-refractivity contribution in [2.75, 3.05) is 53.6 Å². The lowest BCUT2D eigenvalue weighted by Gasteiger charge is -2.34. The average molecular weight is 395 g/mol. The van der Waals surface area contributed by atoms with E-state index in [-0.39, 0.29) is 0 Å². The molecule has 2 aliphatic heterocycles. The van der Waals surface area contributed by atoms with Crippen molar-refractivity contribution in [3.63, 3.8) is 0 Å². The Morgan fingerprint density at radius 3 is 2.59 bits per heavy atom. The first-order valence-corrected chi connectivity index (χ1v) is 10.2. The van der Waals surface area contributed by atoms with Crippen molar-refractivity contribution in [2.24, 2.45) is 0 Å². The highest BCUT2D eigenvalue weighted by molar-refractivity contribution is 7.80. The molecule has 0 amide bonds. The summed E-state index contributed by atoms with van der Waals surface area (Å²) in [7, 11) is 3.37. The van der Waals surface area contributed by atoms with Crippen molar-refractivity contribution in [3.05, 3.63) is 23.3 Å². The predicted octanol–water partition coefficient (Wildman–Crippen LogP) is 0.766. The molecule has 0 unspecified atom stereocenters. The minimum absolute atomic E-state index is 0.322. The van der Waals surface area contributed by atoms with E-state index < -0.39 is 0 Å². The van der Waals surface area contributed by atoms with Crippen LogP contribution in [0.1, 0.15) is 24.0 Å². The van der Waals surface area contributed by atoms with Gasteiger partial charge in [-0.05, 0) is 49.7 Å². The quantitative estimate of drug-likeness (QED) is 0.695. The molecule has 2 fully saturated rings. The summed E-state index contributed by atoms with van der Waals surface area (Å²) in [5.41, 5.74) is 2.56. The van der Waals surface area contributed by atoms with Gasteiger partial charge in [-0.25, -0.2) is 0 Å². The maximum Gasteiger partial charge on any atom is 0.169 e. The van der Waals surface area contributed by atoms with Crippen LogP contribution < -0.4 is 19.7 Å². The number of aryl methyl sites for hydroxylation is 1. The van der Waals surface area contributed by atoms with E-state index in [2.05, 4.69) is 29.3 Å². The SMILES string of the molecule is COc1cc(C)c(C[NH+]2CCN(C(=S)NC[C@@H]3CCCO3)CC2)cc1OC. The third kappa shape index (κ3) is 5.24. The minimum Gasteiger partial charge on any atom is -0.493 e. The fourth-order valence-corrected chi connectivity index (χ4v) is 4.07. The van der Waals surface area contributed by atoms with Crippen molar-refractivity contribution in [1.82, 2.24) is 10.2 Å². The Bertz CT molecular complexity index is 642. The molecule has 0 aliphatic carbocycles. The molecular weight excluding hydrogens is 362 g/mol. The molecule has 2 aliphatic rings. The van der Waals surface area contributed by atoms with Crippen molar-refractivity contribution < 1.29 is 19.1 Å². The van der Waals surface area contributed by atoms with Crippen LogP contribution in [0.3, 0.4) is 0 Å². The van der Waals surface area contributed by atoms with Crippen LogP contribution >= 0.6 is 12.2 Å². The van der Waals surface area contributed by atoms with Gasteiger partial charge in [-0.2, -0.15) is 0 Å². The second kappa shape index (κ2) is 9.57. The monoisotopic (exact) mass is 394 g/mol. The summed E-state index contributed by atoms with van der Waals surface area (Å²) in [6, 6.07) is 4.18. The van der Waals surface area contributed by atoms with Gasteiger partial charge in [0.05, 0.1) is 46.5 Å². The number of thiocarbonyl (C=S) groups is 1. The van der Waals surface area contributed by atoms with Crippen LogP contribution in [0.5, 0.6) is 11.5 Å². The van der Waals surface area contributed by atoms with Crippen molar-refractivity contribution in [1.29, 1.82) is 0 Å². The smallest absolute Gasteiger partial charge is 0.169 e. The van der Waals surface area contributed by atoms with E-state index in [1.54, 1.807) is 19.1 Å². The second-order valence-electron chi connectivity index (χ2n) is 7.37.